The van der Waals surface area contributed by atoms with Gasteiger partial charge in [0, 0.05) is 6.42 Å². The van der Waals surface area contributed by atoms with Gasteiger partial charge in [0.15, 0.2) is 0 Å². The molecule has 0 fully saturated rings. The molecule has 1 heterocycles. The molecule has 1 aliphatic heterocycles. The van der Waals surface area contributed by atoms with Crippen molar-refractivity contribution >= 4 is 22.6 Å². The molecule has 0 amide bonds. The lowest BCUT2D eigenvalue weighted by atomic mass is 10.4. The van der Waals surface area contributed by atoms with Crippen LogP contribution in [0.2, 0.25) is 0 Å². The fourth-order valence-corrected chi connectivity index (χ4v) is 1.09. The van der Waals surface area contributed by atoms with Crippen LogP contribution in [-0.4, -0.2) is 11.0 Å². The Kier molecular flexibility index (Phi) is 1.97. The smallest absolute Gasteiger partial charge is 0.102 e. The van der Waals surface area contributed by atoms with Gasteiger partial charge in [0.05, 0.1) is 11.0 Å². The van der Waals surface area contributed by atoms with Crippen molar-refractivity contribution < 1.29 is 4.74 Å². The Morgan fingerprint density at radius 3 is 3.00 bits per heavy atom. The molecule has 1 rings (SSSR count). The summed E-state index contributed by atoms with van der Waals surface area (Å²) in [6, 6.07) is 0. The first-order valence-corrected chi connectivity index (χ1v) is 3.84. The van der Waals surface area contributed by atoms with Gasteiger partial charge < -0.3 is 4.74 Å². The summed E-state index contributed by atoms with van der Waals surface area (Å²) >= 11 is 2.30. The van der Waals surface area contributed by atoms with Crippen molar-refractivity contribution in [2.75, 3.05) is 11.0 Å². The van der Waals surface area contributed by atoms with E-state index in [2.05, 4.69) is 28.7 Å². The molecule has 0 aromatic heterocycles. The highest BCUT2D eigenvalue weighted by Gasteiger charge is 2.00. The van der Waals surface area contributed by atoms with Crippen LogP contribution in [0.25, 0.3) is 0 Å². The minimum Gasteiger partial charge on any atom is -0.497 e. The number of halogens is 1. The lowest BCUT2D eigenvalue weighted by Crippen LogP contribution is -1.83. The van der Waals surface area contributed by atoms with Crippen molar-refractivity contribution in [1.29, 1.82) is 0 Å². The van der Waals surface area contributed by atoms with Crippen LogP contribution in [0.1, 0.15) is 6.42 Å². The van der Waals surface area contributed by atoms with E-state index in [9.17, 15) is 0 Å². The summed E-state index contributed by atoms with van der Waals surface area (Å²) in [5.41, 5.74) is 0. The molecule has 0 saturated heterocycles. The van der Waals surface area contributed by atoms with Crippen molar-refractivity contribution in [3.63, 3.8) is 0 Å². The second-order valence-corrected chi connectivity index (χ2v) is 2.20. The average Bonchev–Trinajstić information content (AvgIpc) is 2.14. The summed E-state index contributed by atoms with van der Waals surface area (Å²) in [5.74, 6) is 1.15. The summed E-state index contributed by atoms with van der Waals surface area (Å²) < 4.78 is 6.18. The number of rotatable bonds is 1. The molecule has 0 aromatic rings. The van der Waals surface area contributed by atoms with Crippen LogP contribution in [-0.2, 0) is 4.74 Å². The Bertz CT molecular complexity index is 88.1. The van der Waals surface area contributed by atoms with Gasteiger partial charge in [-0.15, -0.1) is 0 Å². The zero-order valence-electron chi connectivity index (χ0n) is 3.98. The summed E-state index contributed by atoms with van der Waals surface area (Å²) in [6.45, 7) is 0.901. The van der Waals surface area contributed by atoms with Gasteiger partial charge >= 0.3 is 0 Å². The number of hydrogen-bond donors (Lipinski definition) is 0. The minimum absolute atomic E-state index is 0.901. The van der Waals surface area contributed by atoms with Crippen LogP contribution in [0.3, 0.4) is 0 Å². The van der Waals surface area contributed by atoms with E-state index in [0.29, 0.717) is 0 Å². The predicted octanol–water partition coefficient (Wildman–Crippen LogP) is 1.73. The maximum atomic E-state index is 5.16. The third kappa shape index (κ3) is 1.33. The first-order valence-electron chi connectivity index (χ1n) is 2.31. The quantitative estimate of drug-likeness (QED) is 0.473. The van der Waals surface area contributed by atoms with Crippen molar-refractivity contribution in [3.8, 4) is 0 Å². The maximum Gasteiger partial charge on any atom is 0.102 e. The first kappa shape index (κ1) is 5.41. The summed E-state index contributed by atoms with van der Waals surface area (Å²) in [5, 5.41) is 0. The third-order valence-electron chi connectivity index (χ3n) is 0.909. The Morgan fingerprint density at radius 2 is 2.71 bits per heavy atom. The summed E-state index contributed by atoms with van der Waals surface area (Å²) in [4.78, 5) is 0. The van der Waals surface area contributed by atoms with Gasteiger partial charge in [0.1, 0.15) is 5.76 Å². The van der Waals surface area contributed by atoms with Gasteiger partial charge in [-0.25, -0.2) is 0 Å². The Hall–Kier alpha value is 0.270. The van der Waals surface area contributed by atoms with Gasteiger partial charge in [-0.1, -0.05) is 22.6 Å². The van der Waals surface area contributed by atoms with Crippen molar-refractivity contribution in [3.05, 3.63) is 11.8 Å². The SMILES string of the molecule is ICC1=CCCO1. The number of alkyl halides is 1. The molecule has 0 spiro atoms. The van der Waals surface area contributed by atoms with E-state index < -0.39 is 0 Å². The van der Waals surface area contributed by atoms with Gasteiger partial charge in [0.2, 0.25) is 0 Å². The molecule has 0 N–H and O–H groups in total. The molecule has 0 aliphatic carbocycles. The Morgan fingerprint density at radius 1 is 1.86 bits per heavy atom. The number of hydrogen-bond acceptors (Lipinski definition) is 1. The summed E-state index contributed by atoms with van der Waals surface area (Å²) in [7, 11) is 0. The number of ether oxygens (including phenoxy) is 1. The monoisotopic (exact) mass is 210 g/mol. The largest absolute Gasteiger partial charge is 0.497 e. The fourth-order valence-electron chi connectivity index (χ4n) is 0.562. The van der Waals surface area contributed by atoms with Crippen LogP contribution in [0.5, 0.6) is 0 Å². The molecule has 40 valence electrons. The molecule has 0 radical (unpaired) electrons. The molecule has 0 bridgehead atoms. The minimum atomic E-state index is 0.901. The molecule has 0 unspecified atom stereocenters. The molecule has 0 atom stereocenters. The summed E-state index contributed by atoms with van der Waals surface area (Å²) in [6.07, 6.45) is 3.25. The molecule has 1 aliphatic rings. The predicted molar refractivity (Wildman–Crippen MR) is 37.5 cm³/mol. The average molecular weight is 210 g/mol. The van der Waals surface area contributed by atoms with Gasteiger partial charge in [-0.3, -0.25) is 0 Å². The van der Waals surface area contributed by atoms with E-state index in [1.807, 2.05) is 0 Å². The molecular weight excluding hydrogens is 203 g/mol. The van der Waals surface area contributed by atoms with Crippen LogP contribution in [0.4, 0.5) is 0 Å². The standard InChI is InChI=1S/C5H7IO/c6-4-5-2-1-3-7-5/h2H,1,3-4H2. The first-order chi connectivity index (χ1) is 3.43. The van der Waals surface area contributed by atoms with Crippen LogP contribution >= 0.6 is 22.6 Å². The zero-order chi connectivity index (χ0) is 5.11. The van der Waals surface area contributed by atoms with Gasteiger partial charge in [-0.2, -0.15) is 0 Å². The van der Waals surface area contributed by atoms with Crippen molar-refractivity contribution in [2.45, 2.75) is 6.42 Å². The molecule has 0 aromatic carbocycles. The van der Waals surface area contributed by atoms with Crippen molar-refractivity contribution in [2.24, 2.45) is 0 Å². The Labute approximate surface area is 56.9 Å². The van der Waals surface area contributed by atoms with E-state index >= 15 is 0 Å². The lowest BCUT2D eigenvalue weighted by Gasteiger charge is -1.94. The van der Waals surface area contributed by atoms with E-state index in [1.165, 1.54) is 0 Å². The molecule has 1 nitrogen and oxygen atoms in total. The van der Waals surface area contributed by atoms with Gasteiger partial charge in [0.25, 0.3) is 0 Å². The van der Waals surface area contributed by atoms with Crippen molar-refractivity contribution in [1.82, 2.24) is 0 Å². The highest BCUT2D eigenvalue weighted by Crippen LogP contribution is 2.10. The van der Waals surface area contributed by atoms with E-state index in [1.54, 1.807) is 0 Å². The Balaban J connectivity index is 2.36. The van der Waals surface area contributed by atoms with Gasteiger partial charge in [-0.05, 0) is 6.08 Å². The van der Waals surface area contributed by atoms with Crippen LogP contribution in [0, 0.1) is 0 Å². The van der Waals surface area contributed by atoms with E-state index in [-0.39, 0.29) is 0 Å². The highest BCUT2D eigenvalue weighted by atomic mass is 127. The second kappa shape index (κ2) is 2.55. The van der Waals surface area contributed by atoms with E-state index in [4.69, 9.17) is 4.74 Å². The third-order valence-corrected chi connectivity index (χ3v) is 1.66. The molecule has 7 heavy (non-hydrogen) atoms. The second-order valence-electron chi connectivity index (χ2n) is 1.44. The lowest BCUT2D eigenvalue weighted by molar-refractivity contribution is 0.249. The normalized spacial score (nSPS) is 18.7. The molecule has 0 saturated carbocycles. The van der Waals surface area contributed by atoms with E-state index in [0.717, 1.165) is 23.2 Å². The van der Waals surface area contributed by atoms with Crippen LogP contribution < -0.4 is 0 Å². The topological polar surface area (TPSA) is 9.23 Å². The fraction of sp³-hybridized carbons (Fsp3) is 0.600. The molecular formula is C5H7IO. The van der Waals surface area contributed by atoms with Crippen LogP contribution in [0.15, 0.2) is 11.8 Å². The zero-order valence-corrected chi connectivity index (χ0v) is 6.14. The maximum absolute atomic E-state index is 5.16. The molecule has 2 heteroatoms. The number of allylic oxidation sites excluding steroid dienone is 1. The highest BCUT2D eigenvalue weighted by molar-refractivity contribution is 14.1.